The standard InChI is InChI=1S/C10H17N.C10H14.C9H12F2.C9H13F/c1-9-6-4-5-7-11(3)8-10(9)2;1-8-9-6-4-2-3-5-7-10(8)9;1-8-6-4-2-3-5-7-9(8,10)11;1-9(10)7-5-3-2-4-6-8-9/h9-10H,5,7-8H2,1-3H3;8-10H,4-7H2,1H3;8H,2-4,6H2,1H3;2-5,7H2,1H3/t;8?,9-,10+;;. The SMILES string of the molecule is CC1(F)C#CCCCCC1.CC1C#CCCN(C)CC1C.CC1CCCCC#CC1(F)F.CC1[C@H]2CCC#CCC[C@@H]12. The molecule has 7 atom stereocenters. The first kappa shape index (κ1) is 36.2. The van der Waals surface area contributed by atoms with Gasteiger partial charge in [-0.25, -0.2) is 4.39 Å². The van der Waals surface area contributed by atoms with Crippen molar-refractivity contribution in [3.63, 3.8) is 0 Å². The molecule has 5 unspecified atom stereocenters. The Morgan fingerprint density at radius 3 is 1.95 bits per heavy atom. The van der Waals surface area contributed by atoms with Crippen LogP contribution >= 0.6 is 0 Å². The molecule has 4 aliphatic carbocycles. The van der Waals surface area contributed by atoms with Crippen molar-refractivity contribution in [1.29, 1.82) is 0 Å². The molecule has 5 rings (SSSR count). The minimum absolute atomic E-state index is 0.567. The average Bonchev–Trinajstić information content (AvgIpc) is 3.50. The van der Waals surface area contributed by atoms with Gasteiger partial charge in [0.2, 0.25) is 0 Å². The van der Waals surface area contributed by atoms with Crippen LogP contribution in [-0.4, -0.2) is 36.6 Å². The van der Waals surface area contributed by atoms with Crippen molar-refractivity contribution in [3.05, 3.63) is 0 Å². The number of nitrogens with zero attached hydrogens (tertiary/aromatic N) is 1. The summed E-state index contributed by atoms with van der Waals surface area (Å²) in [4.78, 5) is 2.37. The Kier molecular flexibility index (Phi) is 16.0. The first-order valence-electron chi connectivity index (χ1n) is 16.6. The molecular weight excluding hydrogens is 527 g/mol. The van der Waals surface area contributed by atoms with Crippen molar-refractivity contribution >= 4 is 0 Å². The number of hydrogen-bond donors (Lipinski definition) is 0. The Morgan fingerprint density at radius 1 is 0.667 bits per heavy atom. The zero-order chi connectivity index (χ0) is 31.0. The summed E-state index contributed by atoms with van der Waals surface area (Å²) >= 11 is 0. The van der Waals surface area contributed by atoms with Gasteiger partial charge in [0, 0.05) is 57.0 Å². The van der Waals surface area contributed by atoms with Gasteiger partial charge in [-0.2, -0.15) is 8.78 Å². The third-order valence-electron chi connectivity index (χ3n) is 9.35. The second-order valence-corrected chi connectivity index (χ2v) is 13.3. The fourth-order valence-electron chi connectivity index (χ4n) is 5.91. The van der Waals surface area contributed by atoms with E-state index in [0.717, 1.165) is 82.1 Å². The summed E-state index contributed by atoms with van der Waals surface area (Å²) in [6, 6.07) is 0. The van der Waals surface area contributed by atoms with Crippen molar-refractivity contribution in [3.8, 4) is 47.4 Å². The van der Waals surface area contributed by atoms with Gasteiger partial charge in [0.25, 0.3) is 0 Å². The van der Waals surface area contributed by atoms with E-state index in [1.807, 2.05) is 5.92 Å². The molecule has 1 saturated carbocycles. The van der Waals surface area contributed by atoms with Crippen LogP contribution in [0, 0.1) is 82.9 Å². The molecular formula is C38H56F3N. The molecule has 1 aliphatic heterocycles. The van der Waals surface area contributed by atoms with E-state index in [0.29, 0.717) is 31.1 Å². The molecule has 42 heavy (non-hydrogen) atoms. The van der Waals surface area contributed by atoms with E-state index in [1.165, 1.54) is 19.4 Å². The van der Waals surface area contributed by atoms with Gasteiger partial charge in [0.1, 0.15) is 0 Å². The average molecular weight is 584 g/mol. The van der Waals surface area contributed by atoms with Crippen LogP contribution in [0.25, 0.3) is 0 Å². The van der Waals surface area contributed by atoms with Crippen molar-refractivity contribution < 1.29 is 13.2 Å². The molecule has 0 amide bonds. The van der Waals surface area contributed by atoms with E-state index < -0.39 is 17.5 Å². The fourth-order valence-corrected chi connectivity index (χ4v) is 5.91. The Bertz CT molecular complexity index is 1030. The minimum atomic E-state index is -2.75. The second kappa shape index (κ2) is 18.6. The summed E-state index contributed by atoms with van der Waals surface area (Å²) < 4.78 is 38.9. The lowest BCUT2D eigenvalue weighted by molar-refractivity contribution is 0.00374. The molecule has 0 spiro atoms. The molecule has 0 bridgehead atoms. The Morgan fingerprint density at radius 2 is 1.29 bits per heavy atom. The van der Waals surface area contributed by atoms with Crippen LogP contribution in [0.15, 0.2) is 0 Å². The molecule has 234 valence electrons. The highest BCUT2D eigenvalue weighted by Crippen LogP contribution is 2.51. The zero-order valence-electron chi connectivity index (χ0n) is 27.4. The lowest BCUT2D eigenvalue weighted by atomic mass is 9.95. The van der Waals surface area contributed by atoms with Crippen molar-refractivity contribution in [2.75, 3.05) is 20.1 Å². The van der Waals surface area contributed by atoms with Crippen LogP contribution in [0.5, 0.6) is 0 Å². The van der Waals surface area contributed by atoms with Gasteiger partial charge in [0.05, 0.1) is 0 Å². The number of fused-ring (bicyclic) bond motifs is 1. The Balaban J connectivity index is 0.000000196. The third kappa shape index (κ3) is 14.4. The van der Waals surface area contributed by atoms with E-state index in [2.05, 4.69) is 74.2 Å². The molecule has 0 N–H and O–H groups in total. The summed E-state index contributed by atoms with van der Waals surface area (Å²) in [5.74, 6) is 24.0. The monoisotopic (exact) mass is 583 g/mol. The van der Waals surface area contributed by atoms with E-state index >= 15 is 0 Å². The number of alkyl halides is 3. The highest BCUT2D eigenvalue weighted by molar-refractivity contribution is 5.13. The van der Waals surface area contributed by atoms with Gasteiger partial charge >= 0.3 is 5.92 Å². The summed E-state index contributed by atoms with van der Waals surface area (Å²) in [5, 5.41) is 0. The van der Waals surface area contributed by atoms with Crippen LogP contribution in [0.3, 0.4) is 0 Å². The van der Waals surface area contributed by atoms with Crippen LogP contribution in [-0.2, 0) is 0 Å². The van der Waals surface area contributed by atoms with Gasteiger partial charge in [-0.15, -0.1) is 17.8 Å². The van der Waals surface area contributed by atoms with Gasteiger partial charge in [-0.3, -0.25) is 0 Å². The van der Waals surface area contributed by atoms with Gasteiger partial charge in [-0.05, 0) is 88.5 Å². The zero-order valence-corrected chi connectivity index (χ0v) is 27.4. The molecule has 1 heterocycles. The van der Waals surface area contributed by atoms with Crippen molar-refractivity contribution in [2.45, 2.75) is 136 Å². The Labute approximate surface area is 256 Å². The molecule has 0 aromatic carbocycles. The molecule has 0 saturated heterocycles. The maximum absolute atomic E-state index is 13.1. The number of halogens is 3. The highest BCUT2D eigenvalue weighted by Gasteiger charge is 2.44. The predicted octanol–water partition coefficient (Wildman–Crippen LogP) is 9.56. The largest absolute Gasteiger partial charge is 0.310 e. The molecule has 0 aromatic rings. The lowest BCUT2D eigenvalue weighted by Crippen LogP contribution is -2.29. The summed E-state index contributed by atoms with van der Waals surface area (Å²) in [6.45, 7) is 12.4. The molecule has 4 heteroatoms. The molecule has 5 aliphatic rings. The maximum atomic E-state index is 13.1. The normalized spacial score (nSPS) is 34.9. The summed E-state index contributed by atoms with van der Waals surface area (Å²) in [6.07, 6.45) is 13.9. The number of rotatable bonds is 0. The fraction of sp³-hybridized carbons (Fsp3) is 0.789. The van der Waals surface area contributed by atoms with Crippen LogP contribution in [0.4, 0.5) is 13.2 Å². The first-order chi connectivity index (χ1) is 19.9. The molecule has 1 fully saturated rings. The van der Waals surface area contributed by atoms with E-state index in [1.54, 1.807) is 13.8 Å². The van der Waals surface area contributed by atoms with Crippen LogP contribution < -0.4 is 0 Å². The number of hydrogen-bond acceptors (Lipinski definition) is 1. The smallest absolute Gasteiger partial charge is 0.305 e. The van der Waals surface area contributed by atoms with Crippen molar-refractivity contribution in [1.82, 2.24) is 4.90 Å². The van der Waals surface area contributed by atoms with Gasteiger partial charge < -0.3 is 4.90 Å². The summed E-state index contributed by atoms with van der Waals surface area (Å²) in [5.41, 5.74) is -1.21. The Hall–Kier alpha value is -2.01. The first-order valence-corrected chi connectivity index (χ1v) is 16.6. The predicted molar refractivity (Wildman–Crippen MR) is 171 cm³/mol. The third-order valence-corrected chi connectivity index (χ3v) is 9.35. The lowest BCUT2D eigenvalue weighted by Gasteiger charge is -2.24. The van der Waals surface area contributed by atoms with Crippen molar-refractivity contribution in [2.24, 2.45) is 35.5 Å². The quantitative estimate of drug-likeness (QED) is 0.257. The van der Waals surface area contributed by atoms with E-state index in [9.17, 15) is 13.2 Å². The summed E-state index contributed by atoms with van der Waals surface area (Å²) in [7, 11) is 2.18. The van der Waals surface area contributed by atoms with Gasteiger partial charge in [0.15, 0.2) is 5.67 Å². The van der Waals surface area contributed by atoms with Gasteiger partial charge in [-0.1, -0.05) is 64.2 Å². The molecule has 0 radical (unpaired) electrons. The second-order valence-electron chi connectivity index (χ2n) is 13.3. The highest BCUT2D eigenvalue weighted by atomic mass is 19.3. The van der Waals surface area contributed by atoms with Crippen LogP contribution in [0.2, 0.25) is 0 Å². The van der Waals surface area contributed by atoms with E-state index in [-0.39, 0.29) is 0 Å². The topological polar surface area (TPSA) is 3.24 Å². The minimum Gasteiger partial charge on any atom is -0.305 e. The van der Waals surface area contributed by atoms with Crippen LogP contribution in [0.1, 0.15) is 125 Å². The van der Waals surface area contributed by atoms with E-state index in [4.69, 9.17) is 0 Å². The maximum Gasteiger partial charge on any atom is 0.310 e. The molecule has 0 aromatic heterocycles. The molecule has 1 nitrogen and oxygen atoms in total.